The molecule has 1 aliphatic rings. The van der Waals surface area contributed by atoms with Gasteiger partial charge in [0.15, 0.2) is 0 Å². The van der Waals surface area contributed by atoms with Gasteiger partial charge >= 0.3 is 0 Å². The molecule has 0 saturated carbocycles. The Morgan fingerprint density at radius 1 is 1.60 bits per heavy atom. The molecule has 0 saturated heterocycles. The van der Waals surface area contributed by atoms with E-state index in [2.05, 4.69) is 0 Å². The maximum atomic E-state index is 9.04. The van der Waals surface area contributed by atoms with Crippen molar-refractivity contribution in [2.24, 2.45) is 5.92 Å². The molecule has 0 aromatic rings. The molecule has 0 amide bonds. The number of aliphatic hydroxyl groups is 1. The molecule has 2 atom stereocenters. The van der Waals surface area contributed by atoms with E-state index in [4.69, 9.17) is 10.4 Å². The number of aliphatic hydroxyl groups excluding tert-OH is 1. The lowest BCUT2D eigenvalue weighted by Crippen LogP contribution is -2.16. The van der Waals surface area contributed by atoms with Gasteiger partial charge in [-0.3, -0.25) is 0 Å². The minimum Gasteiger partial charge on any atom is -0.378 e. The summed E-state index contributed by atoms with van der Waals surface area (Å²) in [5.74, 6) is -0.00463. The zero-order valence-corrected chi connectivity index (χ0v) is 5.57. The lowest BCUT2D eigenvalue weighted by atomic mass is 9.96. The molecule has 1 rings (SSSR count). The molecule has 1 N–H and O–H groups in total. The van der Waals surface area contributed by atoms with Crippen LogP contribution >= 0.6 is 0 Å². The Hall–Kier alpha value is -1.07. The summed E-state index contributed by atoms with van der Waals surface area (Å²) in [5, 5.41) is 17.4. The van der Waals surface area contributed by atoms with E-state index < -0.39 is 6.10 Å². The highest BCUT2D eigenvalue weighted by atomic mass is 16.3. The Labute approximate surface area is 60.1 Å². The summed E-state index contributed by atoms with van der Waals surface area (Å²) in [4.78, 5) is 0. The standard InChI is InChI=1S/C8H9NO/c9-6-8(10)7-4-2-1-3-5-7/h1-4,7-8,10H,5H2. The third-order valence-electron chi connectivity index (χ3n) is 1.55. The van der Waals surface area contributed by atoms with Crippen LogP contribution in [0.4, 0.5) is 0 Å². The van der Waals surface area contributed by atoms with Crippen LogP contribution in [0.5, 0.6) is 0 Å². The highest BCUT2D eigenvalue weighted by Gasteiger charge is 2.14. The molecular formula is C8H9NO. The lowest BCUT2D eigenvalue weighted by Gasteiger charge is -2.12. The highest BCUT2D eigenvalue weighted by Crippen LogP contribution is 2.14. The van der Waals surface area contributed by atoms with Gasteiger partial charge in [0.1, 0.15) is 6.10 Å². The van der Waals surface area contributed by atoms with Crippen molar-refractivity contribution in [1.29, 1.82) is 5.26 Å². The predicted octanol–water partition coefficient (Wildman–Crippen LogP) is 1.00. The van der Waals surface area contributed by atoms with E-state index in [1.165, 1.54) is 0 Å². The second-order valence-corrected chi connectivity index (χ2v) is 2.29. The summed E-state index contributed by atoms with van der Waals surface area (Å²) in [5.41, 5.74) is 0. The molecule has 2 nitrogen and oxygen atoms in total. The third-order valence-corrected chi connectivity index (χ3v) is 1.55. The van der Waals surface area contributed by atoms with Crippen molar-refractivity contribution in [3.05, 3.63) is 24.3 Å². The Morgan fingerprint density at radius 3 is 2.90 bits per heavy atom. The van der Waals surface area contributed by atoms with Crippen LogP contribution < -0.4 is 0 Å². The molecule has 2 heteroatoms. The Morgan fingerprint density at radius 2 is 2.40 bits per heavy atom. The van der Waals surface area contributed by atoms with Crippen molar-refractivity contribution in [2.45, 2.75) is 12.5 Å². The summed E-state index contributed by atoms with van der Waals surface area (Å²) in [6.07, 6.45) is 7.50. The quantitative estimate of drug-likeness (QED) is 0.545. The Bertz CT molecular complexity index is 200. The molecule has 1 aliphatic carbocycles. The molecule has 0 bridgehead atoms. The number of hydrogen-bond acceptors (Lipinski definition) is 2. The van der Waals surface area contributed by atoms with Gasteiger partial charge in [0.25, 0.3) is 0 Å². The molecule has 10 heavy (non-hydrogen) atoms. The molecule has 0 spiro atoms. The molecule has 0 fully saturated rings. The Kier molecular flexibility index (Phi) is 2.24. The third kappa shape index (κ3) is 1.46. The van der Waals surface area contributed by atoms with Crippen LogP contribution in [0.3, 0.4) is 0 Å². The largest absolute Gasteiger partial charge is 0.378 e. The van der Waals surface area contributed by atoms with Crippen LogP contribution in [0.2, 0.25) is 0 Å². The van der Waals surface area contributed by atoms with E-state index in [0.717, 1.165) is 6.42 Å². The van der Waals surface area contributed by atoms with E-state index in [1.807, 2.05) is 24.3 Å². The van der Waals surface area contributed by atoms with Gasteiger partial charge in [-0.2, -0.15) is 5.26 Å². The number of hydrogen-bond donors (Lipinski definition) is 1. The van der Waals surface area contributed by atoms with E-state index in [-0.39, 0.29) is 5.92 Å². The van der Waals surface area contributed by atoms with Crippen LogP contribution in [0.25, 0.3) is 0 Å². The van der Waals surface area contributed by atoms with Crippen LogP contribution in [0.15, 0.2) is 24.3 Å². The van der Waals surface area contributed by atoms with Crippen LogP contribution in [-0.2, 0) is 0 Å². The van der Waals surface area contributed by atoms with Crippen LogP contribution in [0.1, 0.15) is 6.42 Å². The Balaban J connectivity index is 2.52. The minimum absolute atomic E-state index is 0.00463. The first-order valence-electron chi connectivity index (χ1n) is 3.25. The zero-order chi connectivity index (χ0) is 7.40. The molecule has 2 unspecified atom stereocenters. The van der Waals surface area contributed by atoms with E-state index in [9.17, 15) is 0 Å². The first-order chi connectivity index (χ1) is 4.84. The number of nitrogens with zero attached hydrogens (tertiary/aromatic N) is 1. The fraction of sp³-hybridized carbons (Fsp3) is 0.375. The molecule has 52 valence electrons. The summed E-state index contributed by atoms with van der Waals surface area (Å²) in [7, 11) is 0. The van der Waals surface area contributed by atoms with Gasteiger partial charge in [-0.1, -0.05) is 24.3 Å². The second-order valence-electron chi connectivity index (χ2n) is 2.29. The SMILES string of the molecule is N#CC(O)C1C=CC=CC1. The van der Waals surface area contributed by atoms with Crippen molar-refractivity contribution in [3.63, 3.8) is 0 Å². The monoisotopic (exact) mass is 135 g/mol. The molecule has 0 aliphatic heterocycles. The van der Waals surface area contributed by atoms with Gasteiger partial charge in [0.05, 0.1) is 6.07 Å². The number of nitriles is 1. The predicted molar refractivity (Wildman–Crippen MR) is 38.0 cm³/mol. The maximum Gasteiger partial charge on any atom is 0.147 e. The lowest BCUT2D eigenvalue weighted by molar-refractivity contribution is 0.184. The second kappa shape index (κ2) is 3.19. The fourth-order valence-corrected chi connectivity index (χ4v) is 0.930. The summed E-state index contributed by atoms with van der Waals surface area (Å²) in [6, 6.07) is 1.81. The number of allylic oxidation sites excluding steroid dienone is 3. The van der Waals surface area contributed by atoms with Gasteiger partial charge in [-0.05, 0) is 6.42 Å². The van der Waals surface area contributed by atoms with Crippen molar-refractivity contribution in [3.8, 4) is 6.07 Å². The molecule has 0 aromatic heterocycles. The first-order valence-corrected chi connectivity index (χ1v) is 3.25. The van der Waals surface area contributed by atoms with E-state index in [0.29, 0.717) is 0 Å². The summed E-state index contributed by atoms with van der Waals surface area (Å²) < 4.78 is 0. The normalized spacial score (nSPS) is 25.8. The van der Waals surface area contributed by atoms with Crippen LogP contribution in [0, 0.1) is 17.2 Å². The van der Waals surface area contributed by atoms with E-state index in [1.54, 1.807) is 6.07 Å². The molecule has 0 aromatic carbocycles. The highest BCUT2D eigenvalue weighted by molar-refractivity contribution is 5.14. The summed E-state index contributed by atoms with van der Waals surface area (Å²) in [6.45, 7) is 0. The van der Waals surface area contributed by atoms with Gasteiger partial charge in [-0.25, -0.2) is 0 Å². The van der Waals surface area contributed by atoms with E-state index >= 15 is 0 Å². The molecule has 0 radical (unpaired) electrons. The van der Waals surface area contributed by atoms with Gasteiger partial charge in [0, 0.05) is 5.92 Å². The minimum atomic E-state index is -0.846. The maximum absolute atomic E-state index is 9.04. The topological polar surface area (TPSA) is 44.0 Å². The van der Waals surface area contributed by atoms with Gasteiger partial charge < -0.3 is 5.11 Å². The molecule has 0 heterocycles. The van der Waals surface area contributed by atoms with Gasteiger partial charge in [-0.15, -0.1) is 0 Å². The van der Waals surface area contributed by atoms with Crippen molar-refractivity contribution >= 4 is 0 Å². The van der Waals surface area contributed by atoms with Crippen LogP contribution in [-0.4, -0.2) is 11.2 Å². The smallest absolute Gasteiger partial charge is 0.147 e. The van der Waals surface area contributed by atoms with Crippen molar-refractivity contribution < 1.29 is 5.11 Å². The zero-order valence-electron chi connectivity index (χ0n) is 5.57. The fourth-order valence-electron chi connectivity index (χ4n) is 0.930. The van der Waals surface area contributed by atoms with Crippen molar-refractivity contribution in [2.75, 3.05) is 0 Å². The average Bonchev–Trinajstić information content (AvgIpc) is 2.05. The molecular weight excluding hydrogens is 126 g/mol. The number of rotatable bonds is 1. The van der Waals surface area contributed by atoms with Gasteiger partial charge in [0.2, 0.25) is 0 Å². The summed E-state index contributed by atoms with van der Waals surface area (Å²) >= 11 is 0. The van der Waals surface area contributed by atoms with Crippen molar-refractivity contribution in [1.82, 2.24) is 0 Å². The first kappa shape index (κ1) is 7.04. The average molecular weight is 135 g/mol.